The SMILES string of the molecule is Brc1ccc2c(c1)-c1ccccc1-c1ccccc1C21c2ccccc2Sc2cc3c(cc21)oc1ccccc13. The summed E-state index contributed by atoms with van der Waals surface area (Å²) in [6, 6.07) is 46.7. The van der Waals surface area contributed by atoms with Gasteiger partial charge >= 0.3 is 0 Å². The summed E-state index contributed by atoms with van der Waals surface area (Å²) >= 11 is 5.68. The fourth-order valence-electron chi connectivity index (χ4n) is 7.05. The molecule has 2 aliphatic rings. The van der Waals surface area contributed by atoms with Gasteiger partial charge < -0.3 is 4.42 Å². The molecular weight excluding hydrogens is 572 g/mol. The molecule has 1 nitrogen and oxygen atoms in total. The van der Waals surface area contributed by atoms with Crippen molar-refractivity contribution in [3.63, 3.8) is 0 Å². The number of rotatable bonds is 0. The van der Waals surface area contributed by atoms with E-state index in [0.29, 0.717) is 0 Å². The van der Waals surface area contributed by atoms with Gasteiger partial charge in [0.05, 0.1) is 5.41 Å². The molecule has 1 atom stereocenters. The molecule has 1 unspecified atom stereocenters. The maximum absolute atomic E-state index is 6.51. The first-order valence-corrected chi connectivity index (χ1v) is 15.1. The van der Waals surface area contributed by atoms with Crippen LogP contribution in [0.4, 0.5) is 0 Å². The van der Waals surface area contributed by atoms with Gasteiger partial charge in [0, 0.05) is 25.0 Å². The third kappa shape index (κ3) is 2.89. The van der Waals surface area contributed by atoms with Gasteiger partial charge in [-0.3, -0.25) is 0 Å². The molecule has 0 fully saturated rings. The fourth-order valence-corrected chi connectivity index (χ4v) is 8.62. The van der Waals surface area contributed by atoms with Crippen molar-refractivity contribution in [1.29, 1.82) is 0 Å². The maximum Gasteiger partial charge on any atom is 0.135 e. The molecule has 0 N–H and O–H groups in total. The van der Waals surface area contributed by atoms with Crippen molar-refractivity contribution in [2.24, 2.45) is 0 Å². The van der Waals surface area contributed by atoms with Crippen LogP contribution in [0.15, 0.2) is 146 Å². The molecule has 2 heterocycles. The predicted molar refractivity (Wildman–Crippen MR) is 168 cm³/mol. The molecule has 0 radical (unpaired) electrons. The molecule has 0 saturated heterocycles. The summed E-state index contributed by atoms with van der Waals surface area (Å²) in [4.78, 5) is 2.56. The van der Waals surface area contributed by atoms with Crippen LogP contribution >= 0.6 is 27.7 Å². The highest BCUT2D eigenvalue weighted by Gasteiger charge is 2.48. The molecule has 40 heavy (non-hydrogen) atoms. The van der Waals surface area contributed by atoms with Gasteiger partial charge in [0.25, 0.3) is 0 Å². The molecule has 3 heteroatoms. The van der Waals surface area contributed by atoms with E-state index in [4.69, 9.17) is 4.42 Å². The summed E-state index contributed by atoms with van der Waals surface area (Å²) in [6.07, 6.45) is 0. The Morgan fingerprint density at radius 2 is 1.15 bits per heavy atom. The van der Waals surface area contributed by atoms with Crippen LogP contribution in [0.2, 0.25) is 0 Å². The number of hydrogen-bond donors (Lipinski definition) is 0. The van der Waals surface area contributed by atoms with Crippen molar-refractivity contribution in [3.8, 4) is 22.3 Å². The number of furan rings is 1. The molecule has 0 bridgehead atoms. The van der Waals surface area contributed by atoms with Crippen molar-refractivity contribution in [2.45, 2.75) is 15.2 Å². The highest BCUT2D eigenvalue weighted by atomic mass is 79.9. The smallest absolute Gasteiger partial charge is 0.135 e. The zero-order valence-corrected chi connectivity index (χ0v) is 23.7. The van der Waals surface area contributed by atoms with E-state index in [1.165, 1.54) is 54.3 Å². The van der Waals surface area contributed by atoms with Gasteiger partial charge in [-0.15, -0.1) is 0 Å². The topological polar surface area (TPSA) is 13.1 Å². The zero-order valence-electron chi connectivity index (χ0n) is 21.3. The van der Waals surface area contributed by atoms with E-state index < -0.39 is 5.41 Å². The first-order chi connectivity index (χ1) is 19.7. The van der Waals surface area contributed by atoms with Crippen LogP contribution in [0.5, 0.6) is 0 Å². The summed E-state index contributed by atoms with van der Waals surface area (Å²) < 4.78 is 7.59. The minimum absolute atomic E-state index is 0.532. The number of para-hydroxylation sites is 1. The molecule has 0 saturated carbocycles. The van der Waals surface area contributed by atoms with Crippen LogP contribution in [0.3, 0.4) is 0 Å². The van der Waals surface area contributed by atoms with Crippen LogP contribution in [0, 0.1) is 0 Å². The lowest BCUT2D eigenvalue weighted by atomic mass is 9.63. The van der Waals surface area contributed by atoms with Crippen LogP contribution in [-0.2, 0) is 5.41 Å². The Morgan fingerprint density at radius 3 is 2.02 bits per heavy atom. The van der Waals surface area contributed by atoms with Crippen LogP contribution in [0.25, 0.3) is 44.2 Å². The molecule has 7 aromatic rings. The van der Waals surface area contributed by atoms with Gasteiger partial charge in [0.2, 0.25) is 0 Å². The molecule has 1 spiro atoms. The van der Waals surface area contributed by atoms with Gasteiger partial charge in [-0.2, -0.15) is 0 Å². The Hall–Kier alpha value is -4.05. The summed E-state index contributed by atoms with van der Waals surface area (Å²) in [5, 5.41) is 2.32. The van der Waals surface area contributed by atoms with Crippen LogP contribution < -0.4 is 0 Å². The molecule has 188 valence electrons. The molecule has 9 rings (SSSR count). The van der Waals surface area contributed by atoms with Crippen molar-refractivity contribution >= 4 is 49.6 Å². The maximum atomic E-state index is 6.51. The van der Waals surface area contributed by atoms with E-state index in [0.717, 1.165) is 26.4 Å². The van der Waals surface area contributed by atoms with E-state index >= 15 is 0 Å². The molecule has 1 aliphatic heterocycles. The van der Waals surface area contributed by atoms with Gasteiger partial charge in [0.1, 0.15) is 11.2 Å². The van der Waals surface area contributed by atoms with Crippen LogP contribution in [-0.4, -0.2) is 0 Å². The lowest BCUT2D eigenvalue weighted by molar-refractivity contribution is 0.660. The van der Waals surface area contributed by atoms with Crippen molar-refractivity contribution in [1.82, 2.24) is 0 Å². The number of hydrogen-bond acceptors (Lipinski definition) is 2. The predicted octanol–water partition coefficient (Wildman–Crippen LogP) is 10.8. The standard InChI is InChI=1S/C37H21BrOS/c38-22-17-18-30-27(19-22)24-10-2-1-9-23(24)25-11-3-5-13-29(25)37(30)31-14-6-8-16-35(31)40-36-20-28-26-12-4-7-15-33(26)39-34(28)21-32(36)37/h1-21H. The number of fused-ring (bicyclic) bond motifs is 14. The van der Waals surface area contributed by atoms with E-state index in [1.807, 2.05) is 17.8 Å². The van der Waals surface area contributed by atoms with E-state index in [2.05, 4.69) is 137 Å². The average Bonchev–Trinajstić information content (AvgIpc) is 3.32. The highest BCUT2D eigenvalue weighted by Crippen LogP contribution is 2.61. The highest BCUT2D eigenvalue weighted by molar-refractivity contribution is 9.10. The Labute approximate surface area is 244 Å². The lowest BCUT2D eigenvalue weighted by Crippen LogP contribution is -2.34. The van der Waals surface area contributed by atoms with Crippen LogP contribution in [0.1, 0.15) is 22.3 Å². The summed E-state index contributed by atoms with van der Waals surface area (Å²) in [5.74, 6) is 0. The molecule has 6 aromatic carbocycles. The minimum Gasteiger partial charge on any atom is -0.456 e. The van der Waals surface area contributed by atoms with Gasteiger partial charge in [-0.1, -0.05) is 119 Å². The first kappa shape index (κ1) is 22.7. The number of halogens is 1. The zero-order chi connectivity index (χ0) is 26.4. The Morgan fingerprint density at radius 1 is 0.475 bits per heavy atom. The molecule has 0 amide bonds. The second-order valence-electron chi connectivity index (χ2n) is 10.6. The largest absolute Gasteiger partial charge is 0.456 e. The first-order valence-electron chi connectivity index (χ1n) is 13.5. The third-order valence-electron chi connectivity index (χ3n) is 8.62. The lowest BCUT2D eigenvalue weighted by Gasteiger charge is -2.42. The van der Waals surface area contributed by atoms with Gasteiger partial charge in [-0.05, 0) is 80.9 Å². The minimum atomic E-state index is -0.532. The molecular formula is C37H21BrOS. The van der Waals surface area contributed by atoms with Crippen molar-refractivity contribution < 1.29 is 4.42 Å². The quantitative estimate of drug-likeness (QED) is 0.174. The Kier molecular flexibility index (Phi) is 4.68. The Balaban J connectivity index is 1.53. The molecule has 1 aromatic heterocycles. The summed E-state index contributed by atoms with van der Waals surface area (Å²) in [6.45, 7) is 0. The van der Waals surface area contributed by atoms with Gasteiger partial charge in [-0.25, -0.2) is 0 Å². The van der Waals surface area contributed by atoms with E-state index in [1.54, 1.807) is 0 Å². The van der Waals surface area contributed by atoms with E-state index in [-0.39, 0.29) is 0 Å². The second-order valence-corrected chi connectivity index (χ2v) is 12.6. The average molecular weight is 594 g/mol. The fraction of sp³-hybridized carbons (Fsp3) is 0.0270. The summed E-state index contributed by atoms with van der Waals surface area (Å²) in [5.41, 5.74) is 11.5. The second kappa shape index (κ2) is 8.23. The molecule has 1 aliphatic carbocycles. The van der Waals surface area contributed by atoms with E-state index in [9.17, 15) is 0 Å². The number of benzene rings is 6. The van der Waals surface area contributed by atoms with Crippen molar-refractivity contribution in [2.75, 3.05) is 0 Å². The Bertz CT molecular complexity index is 2170. The normalized spacial score (nSPS) is 16.6. The monoisotopic (exact) mass is 592 g/mol. The third-order valence-corrected chi connectivity index (χ3v) is 10.2. The van der Waals surface area contributed by atoms with Gasteiger partial charge in [0.15, 0.2) is 0 Å². The summed E-state index contributed by atoms with van der Waals surface area (Å²) in [7, 11) is 0. The van der Waals surface area contributed by atoms with Crippen molar-refractivity contribution in [3.05, 3.63) is 154 Å².